The van der Waals surface area contributed by atoms with Gasteiger partial charge >= 0.3 is 0 Å². The van der Waals surface area contributed by atoms with Crippen molar-refractivity contribution in [1.82, 2.24) is 9.88 Å². The maximum absolute atomic E-state index is 13.5. The van der Waals surface area contributed by atoms with Crippen LogP contribution in [0.1, 0.15) is 28.8 Å². The number of nitrogens with zero attached hydrogens (tertiary/aromatic N) is 2. The molecule has 1 aliphatic heterocycles. The highest BCUT2D eigenvalue weighted by Crippen LogP contribution is 2.33. The third kappa shape index (κ3) is 4.36. The maximum Gasteiger partial charge on any atom is 0.254 e. The Balaban J connectivity index is 1.38. The molecule has 5 heteroatoms. The first-order valence-electron chi connectivity index (χ1n) is 10.7. The number of benzene rings is 2. The second-order valence-corrected chi connectivity index (χ2v) is 9.82. The summed E-state index contributed by atoms with van der Waals surface area (Å²) in [4.78, 5) is 21.3. The number of halogens is 1. The van der Waals surface area contributed by atoms with E-state index in [1.807, 2.05) is 47.4 Å². The summed E-state index contributed by atoms with van der Waals surface area (Å²) >= 11 is 7.62. The second-order valence-electron chi connectivity index (χ2n) is 8.10. The highest BCUT2D eigenvalue weighted by Gasteiger charge is 2.25. The molecule has 1 aliphatic rings. The zero-order chi connectivity index (χ0) is 21.2. The Hall–Kier alpha value is -2.69. The molecule has 1 fully saturated rings. The molecule has 0 unspecified atom stereocenters. The van der Waals surface area contributed by atoms with E-state index in [9.17, 15) is 4.79 Å². The number of hydrogen-bond acceptors (Lipinski definition) is 3. The Kier molecular flexibility index (Phi) is 5.75. The molecule has 0 N–H and O–H groups in total. The zero-order valence-electron chi connectivity index (χ0n) is 17.1. The molecule has 0 radical (unpaired) electrons. The van der Waals surface area contributed by atoms with Crippen LogP contribution in [0.15, 0.2) is 72.8 Å². The molecular weight excluding hydrogens is 424 g/mol. The lowest BCUT2D eigenvalue weighted by atomic mass is 9.90. The summed E-state index contributed by atoms with van der Waals surface area (Å²) < 4.78 is 0.721. The van der Waals surface area contributed by atoms with Gasteiger partial charge in [0.25, 0.3) is 5.91 Å². The van der Waals surface area contributed by atoms with Gasteiger partial charge in [-0.2, -0.15) is 0 Å². The van der Waals surface area contributed by atoms with Crippen LogP contribution < -0.4 is 0 Å². The van der Waals surface area contributed by atoms with E-state index in [-0.39, 0.29) is 5.91 Å². The zero-order valence-corrected chi connectivity index (χ0v) is 18.7. The second kappa shape index (κ2) is 8.81. The van der Waals surface area contributed by atoms with Crippen LogP contribution in [0, 0.1) is 5.92 Å². The molecule has 1 amide bonds. The molecule has 0 bridgehead atoms. The van der Waals surface area contributed by atoms with Gasteiger partial charge in [0.15, 0.2) is 0 Å². The molecule has 5 rings (SSSR count). The Morgan fingerprint density at radius 3 is 2.48 bits per heavy atom. The number of piperidine rings is 1. The van der Waals surface area contributed by atoms with E-state index in [1.54, 1.807) is 0 Å². The number of amides is 1. The third-order valence-corrected chi connectivity index (χ3v) is 7.29. The maximum atomic E-state index is 13.5. The summed E-state index contributed by atoms with van der Waals surface area (Å²) in [6.07, 6.45) is 3.17. The van der Waals surface area contributed by atoms with Crippen LogP contribution in [-0.4, -0.2) is 28.9 Å². The SMILES string of the molecule is O=C(c1cc(-c2ccc(Cl)s2)nc2ccccc12)N1CCC(Cc2ccccc2)CC1. The van der Waals surface area contributed by atoms with Gasteiger partial charge < -0.3 is 4.90 Å². The minimum absolute atomic E-state index is 0.0978. The molecule has 0 atom stereocenters. The molecule has 31 heavy (non-hydrogen) atoms. The lowest BCUT2D eigenvalue weighted by molar-refractivity contribution is 0.0692. The molecule has 0 saturated carbocycles. The van der Waals surface area contributed by atoms with E-state index in [1.165, 1.54) is 16.9 Å². The molecule has 1 saturated heterocycles. The Bertz CT molecular complexity index is 1210. The number of hydrogen-bond donors (Lipinski definition) is 0. The third-order valence-electron chi connectivity index (χ3n) is 6.04. The van der Waals surface area contributed by atoms with Gasteiger partial charge in [0, 0.05) is 18.5 Å². The van der Waals surface area contributed by atoms with Crippen LogP contribution >= 0.6 is 22.9 Å². The molecular formula is C26H23ClN2OS. The number of carbonyl (C=O) groups is 1. The van der Waals surface area contributed by atoms with E-state index in [4.69, 9.17) is 16.6 Å². The van der Waals surface area contributed by atoms with Crippen molar-refractivity contribution in [3.63, 3.8) is 0 Å². The van der Waals surface area contributed by atoms with Gasteiger partial charge in [-0.15, -0.1) is 11.3 Å². The predicted molar refractivity (Wildman–Crippen MR) is 129 cm³/mol. The van der Waals surface area contributed by atoms with Crippen molar-refractivity contribution >= 4 is 39.7 Å². The highest BCUT2D eigenvalue weighted by atomic mass is 35.5. The van der Waals surface area contributed by atoms with Crippen LogP contribution in [0.4, 0.5) is 0 Å². The van der Waals surface area contributed by atoms with Gasteiger partial charge in [0.2, 0.25) is 0 Å². The standard InChI is InChI=1S/C26H23ClN2OS/c27-25-11-10-24(31-25)23-17-21(20-8-4-5-9-22(20)28-23)26(30)29-14-12-19(13-15-29)16-18-6-2-1-3-7-18/h1-11,17,19H,12-16H2. The summed E-state index contributed by atoms with van der Waals surface area (Å²) in [6.45, 7) is 1.60. The number of rotatable bonds is 4. The number of fused-ring (bicyclic) bond motifs is 1. The molecule has 3 heterocycles. The number of para-hydroxylation sites is 1. The van der Waals surface area contributed by atoms with Gasteiger partial charge in [0.1, 0.15) is 0 Å². The Morgan fingerprint density at radius 1 is 1.00 bits per heavy atom. The van der Waals surface area contributed by atoms with Crippen molar-refractivity contribution in [2.45, 2.75) is 19.3 Å². The number of aromatic nitrogens is 1. The van der Waals surface area contributed by atoms with E-state index >= 15 is 0 Å². The number of thiophene rings is 1. The first kappa shape index (κ1) is 20.2. The van der Waals surface area contributed by atoms with Crippen LogP contribution in [0.3, 0.4) is 0 Å². The fourth-order valence-corrected chi connectivity index (χ4v) is 5.39. The number of likely N-dealkylation sites (tertiary alicyclic amines) is 1. The largest absolute Gasteiger partial charge is 0.339 e. The molecule has 156 valence electrons. The topological polar surface area (TPSA) is 33.2 Å². The van der Waals surface area contributed by atoms with E-state index < -0.39 is 0 Å². The average molecular weight is 447 g/mol. The van der Waals surface area contributed by atoms with Gasteiger partial charge in [0.05, 0.1) is 26.0 Å². The summed E-state index contributed by atoms with van der Waals surface area (Å²) in [7, 11) is 0. The molecule has 4 aromatic rings. The summed E-state index contributed by atoms with van der Waals surface area (Å²) in [5.74, 6) is 0.727. The summed E-state index contributed by atoms with van der Waals surface area (Å²) in [5, 5.41) is 0.908. The van der Waals surface area contributed by atoms with Gasteiger partial charge in [-0.25, -0.2) is 4.98 Å². The average Bonchev–Trinajstić information content (AvgIpc) is 3.25. The van der Waals surface area contributed by atoms with Crippen molar-refractivity contribution in [1.29, 1.82) is 0 Å². The lowest BCUT2D eigenvalue weighted by Crippen LogP contribution is -2.39. The first-order chi connectivity index (χ1) is 15.2. The van der Waals surface area contributed by atoms with E-state index in [0.717, 1.165) is 63.7 Å². The summed E-state index contributed by atoms with van der Waals surface area (Å²) in [6, 6.07) is 24.3. The number of carbonyl (C=O) groups excluding carboxylic acids is 1. The molecule has 2 aromatic carbocycles. The normalized spacial score (nSPS) is 14.8. The minimum Gasteiger partial charge on any atom is -0.339 e. The van der Waals surface area contributed by atoms with E-state index in [2.05, 4.69) is 30.3 Å². The fourth-order valence-electron chi connectivity index (χ4n) is 4.39. The van der Waals surface area contributed by atoms with Crippen molar-refractivity contribution in [2.24, 2.45) is 5.92 Å². The highest BCUT2D eigenvalue weighted by molar-refractivity contribution is 7.19. The Labute approximate surface area is 191 Å². The van der Waals surface area contributed by atoms with Gasteiger partial charge in [-0.1, -0.05) is 60.1 Å². The monoisotopic (exact) mass is 446 g/mol. The lowest BCUT2D eigenvalue weighted by Gasteiger charge is -2.32. The minimum atomic E-state index is 0.0978. The fraction of sp³-hybridized carbons (Fsp3) is 0.231. The van der Waals surface area contributed by atoms with Crippen molar-refractivity contribution < 1.29 is 4.79 Å². The smallest absolute Gasteiger partial charge is 0.254 e. The quantitative estimate of drug-likeness (QED) is 0.349. The Morgan fingerprint density at radius 2 is 1.74 bits per heavy atom. The first-order valence-corrected chi connectivity index (χ1v) is 11.9. The van der Waals surface area contributed by atoms with Crippen LogP contribution in [0.5, 0.6) is 0 Å². The number of pyridine rings is 1. The molecule has 2 aromatic heterocycles. The summed E-state index contributed by atoms with van der Waals surface area (Å²) in [5.41, 5.74) is 3.75. The molecule has 0 aliphatic carbocycles. The van der Waals surface area contributed by atoms with E-state index in [0.29, 0.717) is 5.92 Å². The van der Waals surface area contributed by atoms with Gasteiger partial charge in [-0.05, 0) is 55.0 Å². The molecule has 0 spiro atoms. The predicted octanol–water partition coefficient (Wildman–Crippen LogP) is 6.71. The van der Waals surface area contributed by atoms with Crippen molar-refractivity contribution in [2.75, 3.05) is 13.1 Å². The van der Waals surface area contributed by atoms with Gasteiger partial charge in [-0.3, -0.25) is 4.79 Å². The molecule has 3 nitrogen and oxygen atoms in total. The van der Waals surface area contributed by atoms with Crippen LogP contribution in [0.25, 0.3) is 21.5 Å². The van der Waals surface area contributed by atoms with Crippen molar-refractivity contribution in [3.05, 3.63) is 88.3 Å². The van der Waals surface area contributed by atoms with Crippen LogP contribution in [0.2, 0.25) is 4.34 Å². The van der Waals surface area contributed by atoms with Crippen molar-refractivity contribution in [3.8, 4) is 10.6 Å². The van der Waals surface area contributed by atoms with Crippen LogP contribution in [-0.2, 0) is 6.42 Å².